The van der Waals surface area contributed by atoms with E-state index in [2.05, 4.69) is 15.5 Å². The highest BCUT2D eigenvalue weighted by Crippen LogP contribution is 2.14. The van der Waals surface area contributed by atoms with E-state index in [0.717, 1.165) is 5.69 Å². The molecule has 2 heterocycles. The zero-order chi connectivity index (χ0) is 14.9. The topological polar surface area (TPSA) is 102 Å². The molecule has 0 saturated heterocycles. The van der Waals surface area contributed by atoms with Gasteiger partial charge in [0.25, 0.3) is 0 Å². The number of nitrogens with one attached hydrogen (secondary N) is 1. The summed E-state index contributed by atoms with van der Waals surface area (Å²) in [6, 6.07) is 2.33. The Morgan fingerprint density at radius 3 is 2.70 bits per heavy atom. The van der Waals surface area contributed by atoms with Gasteiger partial charge in [-0.2, -0.15) is 10.2 Å². The van der Waals surface area contributed by atoms with Gasteiger partial charge in [0.1, 0.15) is 17.6 Å². The summed E-state index contributed by atoms with van der Waals surface area (Å²) in [5.74, 6) is -0.943. The van der Waals surface area contributed by atoms with Crippen molar-refractivity contribution in [1.29, 1.82) is 0 Å². The van der Waals surface area contributed by atoms with Crippen LogP contribution in [0, 0.1) is 6.92 Å². The Labute approximate surface area is 115 Å². The van der Waals surface area contributed by atoms with Crippen molar-refractivity contribution in [2.45, 2.75) is 19.9 Å². The summed E-state index contributed by atoms with van der Waals surface area (Å²) in [6.45, 7) is 3.40. The van der Waals surface area contributed by atoms with Crippen LogP contribution in [0.1, 0.15) is 29.1 Å². The zero-order valence-corrected chi connectivity index (χ0v) is 11.4. The molecule has 8 heteroatoms. The molecule has 0 aliphatic carbocycles. The Morgan fingerprint density at radius 2 is 2.15 bits per heavy atom. The summed E-state index contributed by atoms with van der Waals surface area (Å²) >= 11 is 0. The summed E-state index contributed by atoms with van der Waals surface area (Å²) in [5.41, 5.74) is 0.745. The van der Waals surface area contributed by atoms with Crippen molar-refractivity contribution in [2.75, 3.05) is 5.32 Å². The molecule has 0 saturated carbocycles. The number of carbonyl (C=O) groups excluding carboxylic acids is 1. The van der Waals surface area contributed by atoms with Crippen molar-refractivity contribution in [2.24, 2.45) is 7.05 Å². The summed E-state index contributed by atoms with van der Waals surface area (Å²) in [5, 5.41) is 19.7. The number of carboxylic acid groups (broad SMARTS) is 1. The monoisotopic (exact) mass is 277 g/mol. The number of aromatic carboxylic acids is 1. The van der Waals surface area contributed by atoms with Crippen LogP contribution in [0.15, 0.2) is 18.3 Å². The standard InChI is InChI=1S/C12H15N5O3/c1-7-6-10(16(3)15-7)14-11(18)8(2)17-9(12(19)20)4-5-13-17/h4-6,8H,1-3H3,(H,14,18)(H,19,20). The normalized spacial score (nSPS) is 12.2. The van der Waals surface area contributed by atoms with Gasteiger partial charge in [0.05, 0.1) is 5.69 Å². The SMILES string of the molecule is Cc1cc(NC(=O)C(C)n2nccc2C(=O)O)n(C)n1. The van der Waals surface area contributed by atoms with Crippen molar-refractivity contribution in [3.8, 4) is 0 Å². The quantitative estimate of drug-likeness (QED) is 0.861. The fourth-order valence-electron chi connectivity index (χ4n) is 1.86. The molecule has 0 aliphatic heterocycles. The van der Waals surface area contributed by atoms with Gasteiger partial charge in [-0.25, -0.2) is 9.48 Å². The minimum Gasteiger partial charge on any atom is -0.477 e. The molecule has 1 atom stereocenters. The van der Waals surface area contributed by atoms with Crippen LogP contribution >= 0.6 is 0 Å². The van der Waals surface area contributed by atoms with Gasteiger partial charge in [-0.05, 0) is 19.9 Å². The third-order valence-corrected chi connectivity index (χ3v) is 2.89. The van der Waals surface area contributed by atoms with Gasteiger partial charge in [0.2, 0.25) is 5.91 Å². The van der Waals surface area contributed by atoms with Crippen LogP contribution in [0.2, 0.25) is 0 Å². The predicted octanol–water partition coefficient (Wildman–Crippen LogP) is 0.823. The third kappa shape index (κ3) is 2.53. The molecule has 1 amide bonds. The molecule has 2 rings (SSSR count). The lowest BCUT2D eigenvalue weighted by atomic mass is 10.3. The molecule has 2 N–H and O–H groups in total. The molecule has 1 unspecified atom stereocenters. The second-order valence-electron chi connectivity index (χ2n) is 4.43. The highest BCUT2D eigenvalue weighted by molar-refractivity contribution is 5.94. The number of anilines is 1. The molecule has 0 aliphatic rings. The fraction of sp³-hybridized carbons (Fsp3) is 0.333. The lowest BCUT2D eigenvalue weighted by Crippen LogP contribution is -2.27. The first-order valence-corrected chi connectivity index (χ1v) is 5.98. The van der Waals surface area contributed by atoms with E-state index >= 15 is 0 Å². The van der Waals surface area contributed by atoms with Gasteiger partial charge in [-0.3, -0.25) is 9.48 Å². The Balaban J connectivity index is 2.18. The van der Waals surface area contributed by atoms with E-state index in [-0.39, 0.29) is 11.6 Å². The van der Waals surface area contributed by atoms with Gasteiger partial charge >= 0.3 is 5.97 Å². The summed E-state index contributed by atoms with van der Waals surface area (Å²) < 4.78 is 2.71. The van der Waals surface area contributed by atoms with E-state index in [1.165, 1.54) is 16.9 Å². The number of nitrogens with zero attached hydrogens (tertiary/aromatic N) is 4. The molecule has 0 bridgehead atoms. The molecular formula is C12H15N5O3. The molecule has 2 aromatic rings. The summed E-state index contributed by atoms with van der Waals surface area (Å²) in [7, 11) is 1.71. The molecule has 0 spiro atoms. The van der Waals surface area contributed by atoms with Crippen LogP contribution in [0.3, 0.4) is 0 Å². The molecule has 8 nitrogen and oxygen atoms in total. The first kappa shape index (κ1) is 13.8. The Hall–Kier alpha value is -2.64. The molecule has 0 radical (unpaired) electrons. The number of aryl methyl sites for hydroxylation is 2. The molecular weight excluding hydrogens is 262 g/mol. The number of carboxylic acids is 1. The summed E-state index contributed by atoms with van der Waals surface area (Å²) in [4.78, 5) is 23.2. The maximum Gasteiger partial charge on any atom is 0.354 e. The first-order chi connectivity index (χ1) is 9.40. The van der Waals surface area contributed by atoms with E-state index in [1.54, 1.807) is 24.7 Å². The van der Waals surface area contributed by atoms with Crippen molar-refractivity contribution >= 4 is 17.7 Å². The van der Waals surface area contributed by atoms with Crippen LogP contribution in [-0.4, -0.2) is 36.5 Å². The highest BCUT2D eigenvalue weighted by Gasteiger charge is 2.22. The Bertz CT molecular complexity index is 658. The van der Waals surface area contributed by atoms with Gasteiger partial charge in [-0.1, -0.05) is 0 Å². The van der Waals surface area contributed by atoms with E-state index < -0.39 is 12.0 Å². The van der Waals surface area contributed by atoms with Crippen molar-refractivity contribution in [3.63, 3.8) is 0 Å². The average Bonchev–Trinajstić information content (AvgIpc) is 2.95. The Kier molecular flexibility index (Phi) is 3.55. The van der Waals surface area contributed by atoms with E-state index in [4.69, 9.17) is 5.11 Å². The van der Waals surface area contributed by atoms with Crippen LogP contribution in [0.25, 0.3) is 0 Å². The molecule has 0 aromatic carbocycles. The lowest BCUT2D eigenvalue weighted by molar-refractivity contribution is -0.119. The first-order valence-electron chi connectivity index (χ1n) is 5.98. The highest BCUT2D eigenvalue weighted by atomic mass is 16.4. The number of hydrogen-bond acceptors (Lipinski definition) is 4. The molecule has 2 aromatic heterocycles. The lowest BCUT2D eigenvalue weighted by Gasteiger charge is -2.14. The largest absolute Gasteiger partial charge is 0.477 e. The van der Waals surface area contributed by atoms with Gasteiger partial charge < -0.3 is 10.4 Å². The van der Waals surface area contributed by atoms with Crippen LogP contribution in [0.4, 0.5) is 5.82 Å². The minimum atomic E-state index is -1.13. The van der Waals surface area contributed by atoms with Crippen molar-refractivity contribution in [3.05, 3.63) is 29.7 Å². The number of aromatic nitrogens is 4. The number of rotatable bonds is 4. The zero-order valence-electron chi connectivity index (χ0n) is 11.4. The second kappa shape index (κ2) is 5.16. The van der Waals surface area contributed by atoms with Crippen LogP contribution in [-0.2, 0) is 11.8 Å². The van der Waals surface area contributed by atoms with Gasteiger partial charge in [-0.15, -0.1) is 0 Å². The van der Waals surface area contributed by atoms with Gasteiger partial charge in [0.15, 0.2) is 0 Å². The average molecular weight is 277 g/mol. The molecule has 0 fully saturated rings. The van der Waals surface area contributed by atoms with Crippen LogP contribution < -0.4 is 5.32 Å². The van der Waals surface area contributed by atoms with Crippen molar-refractivity contribution < 1.29 is 14.7 Å². The van der Waals surface area contributed by atoms with E-state index in [1.807, 2.05) is 6.92 Å². The van der Waals surface area contributed by atoms with E-state index in [0.29, 0.717) is 5.82 Å². The maximum atomic E-state index is 12.1. The number of amides is 1. The number of carbonyl (C=O) groups is 2. The Morgan fingerprint density at radius 1 is 1.45 bits per heavy atom. The maximum absolute atomic E-state index is 12.1. The smallest absolute Gasteiger partial charge is 0.354 e. The second-order valence-corrected chi connectivity index (χ2v) is 4.43. The van der Waals surface area contributed by atoms with Crippen LogP contribution in [0.5, 0.6) is 0 Å². The predicted molar refractivity (Wildman–Crippen MR) is 70.5 cm³/mol. The molecule has 106 valence electrons. The van der Waals surface area contributed by atoms with Crippen molar-refractivity contribution in [1.82, 2.24) is 19.6 Å². The number of hydrogen-bond donors (Lipinski definition) is 2. The molecule has 20 heavy (non-hydrogen) atoms. The van der Waals surface area contributed by atoms with E-state index in [9.17, 15) is 9.59 Å². The fourth-order valence-corrected chi connectivity index (χ4v) is 1.86. The third-order valence-electron chi connectivity index (χ3n) is 2.89. The summed E-state index contributed by atoms with van der Waals surface area (Å²) in [6.07, 6.45) is 1.35. The van der Waals surface area contributed by atoms with Gasteiger partial charge in [0, 0.05) is 19.3 Å². The minimum absolute atomic E-state index is 0.0335.